The van der Waals surface area contributed by atoms with Gasteiger partial charge >= 0.3 is 0 Å². The summed E-state index contributed by atoms with van der Waals surface area (Å²) in [5.41, 5.74) is 6.74. The molecule has 0 aliphatic carbocycles. The van der Waals surface area contributed by atoms with Crippen LogP contribution in [0.1, 0.15) is 27.2 Å². The molecule has 1 rings (SSSR count). The van der Waals surface area contributed by atoms with Gasteiger partial charge in [-0.3, -0.25) is 4.79 Å². The van der Waals surface area contributed by atoms with Gasteiger partial charge < -0.3 is 11.1 Å². The average molecular weight is 226 g/mol. The van der Waals surface area contributed by atoms with Crippen LogP contribution in [-0.2, 0) is 4.79 Å². The third-order valence-corrected chi connectivity index (χ3v) is 3.01. The molecule has 4 heteroatoms. The van der Waals surface area contributed by atoms with Crippen molar-refractivity contribution in [2.45, 2.75) is 33.2 Å². The van der Waals surface area contributed by atoms with E-state index < -0.39 is 0 Å². The summed E-state index contributed by atoms with van der Waals surface area (Å²) in [6, 6.07) is 1.77. The highest BCUT2D eigenvalue weighted by Gasteiger charge is 2.23. The van der Waals surface area contributed by atoms with Crippen LogP contribution in [0.5, 0.6) is 0 Å². The third kappa shape index (κ3) is 4.01. The van der Waals surface area contributed by atoms with Gasteiger partial charge in [0.25, 0.3) is 0 Å². The van der Waals surface area contributed by atoms with Crippen molar-refractivity contribution in [1.82, 2.24) is 0 Å². The van der Waals surface area contributed by atoms with E-state index in [1.54, 1.807) is 11.3 Å². The zero-order valence-electron chi connectivity index (χ0n) is 9.41. The van der Waals surface area contributed by atoms with Crippen molar-refractivity contribution in [3.05, 3.63) is 16.8 Å². The van der Waals surface area contributed by atoms with Gasteiger partial charge in [0.15, 0.2) is 0 Å². The number of rotatable bonds is 3. The van der Waals surface area contributed by atoms with Gasteiger partial charge in [-0.25, -0.2) is 0 Å². The Morgan fingerprint density at radius 1 is 1.60 bits per heavy atom. The number of thiophene rings is 1. The fraction of sp³-hybridized carbons (Fsp3) is 0.545. The first-order valence-electron chi connectivity index (χ1n) is 4.97. The number of hydrogen-bond donors (Lipinski definition) is 2. The van der Waals surface area contributed by atoms with E-state index in [9.17, 15) is 4.79 Å². The number of carbonyl (C=O) groups excluding carboxylic acids is 1. The molecule has 1 aromatic rings. The number of nitrogens with two attached hydrogens (primary N) is 1. The molecule has 0 saturated heterocycles. The summed E-state index contributed by atoms with van der Waals surface area (Å²) in [4.78, 5) is 11.6. The maximum atomic E-state index is 11.6. The van der Waals surface area contributed by atoms with E-state index in [-0.39, 0.29) is 17.4 Å². The van der Waals surface area contributed by atoms with Crippen LogP contribution < -0.4 is 11.1 Å². The highest BCUT2D eigenvalue weighted by Crippen LogP contribution is 2.20. The van der Waals surface area contributed by atoms with Crippen molar-refractivity contribution in [1.29, 1.82) is 0 Å². The van der Waals surface area contributed by atoms with Gasteiger partial charge in [-0.15, -0.1) is 0 Å². The van der Waals surface area contributed by atoms with Crippen molar-refractivity contribution >= 4 is 22.9 Å². The van der Waals surface area contributed by atoms with Crippen LogP contribution in [-0.4, -0.2) is 11.9 Å². The van der Waals surface area contributed by atoms with Crippen molar-refractivity contribution < 1.29 is 4.79 Å². The van der Waals surface area contributed by atoms with Crippen LogP contribution in [0.15, 0.2) is 16.8 Å². The van der Waals surface area contributed by atoms with Crippen molar-refractivity contribution in [3.63, 3.8) is 0 Å². The summed E-state index contributed by atoms with van der Waals surface area (Å²) in [6.07, 6.45) is 0.360. The Morgan fingerprint density at radius 2 is 2.27 bits per heavy atom. The van der Waals surface area contributed by atoms with Gasteiger partial charge in [-0.1, -0.05) is 20.8 Å². The molecule has 1 heterocycles. The maximum absolute atomic E-state index is 11.6. The summed E-state index contributed by atoms with van der Waals surface area (Å²) < 4.78 is 0. The number of amides is 1. The Hall–Kier alpha value is -0.870. The first-order valence-corrected chi connectivity index (χ1v) is 5.91. The topological polar surface area (TPSA) is 55.1 Å². The van der Waals surface area contributed by atoms with Crippen LogP contribution in [0, 0.1) is 5.41 Å². The minimum atomic E-state index is -0.115. The minimum absolute atomic E-state index is 0.0178. The van der Waals surface area contributed by atoms with Gasteiger partial charge in [0, 0.05) is 17.8 Å². The molecule has 84 valence electrons. The Kier molecular flexibility index (Phi) is 3.88. The summed E-state index contributed by atoms with van der Waals surface area (Å²) in [5, 5.41) is 6.65. The Balaban J connectivity index is 2.43. The molecular formula is C11H18N2OS. The smallest absolute Gasteiger partial charge is 0.225 e. The Bertz CT molecular complexity index is 314. The van der Waals surface area contributed by atoms with Gasteiger partial charge in [0.05, 0.1) is 5.69 Å². The lowest BCUT2D eigenvalue weighted by Gasteiger charge is -2.26. The van der Waals surface area contributed by atoms with E-state index in [0.29, 0.717) is 6.42 Å². The standard InChI is InChI=1S/C11H18N2OS/c1-11(2,3)9(12)6-10(14)13-8-4-5-15-7-8/h4-5,7,9H,6,12H2,1-3H3,(H,13,14). The molecule has 0 spiro atoms. The molecule has 0 fully saturated rings. The second-order valence-electron chi connectivity index (χ2n) is 4.74. The van der Waals surface area contributed by atoms with Gasteiger partial charge in [-0.05, 0) is 16.9 Å². The molecule has 3 nitrogen and oxygen atoms in total. The molecule has 0 aliphatic rings. The molecular weight excluding hydrogens is 208 g/mol. The zero-order chi connectivity index (χ0) is 11.5. The molecule has 1 atom stereocenters. The van der Waals surface area contributed by atoms with E-state index in [0.717, 1.165) is 5.69 Å². The first-order chi connectivity index (χ1) is 6.89. The van der Waals surface area contributed by atoms with E-state index in [1.165, 1.54) is 0 Å². The molecule has 0 aliphatic heterocycles. The predicted molar refractivity (Wildman–Crippen MR) is 65.0 cm³/mol. The third-order valence-electron chi connectivity index (χ3n) is 2.32. The Morgan fingerprint density at radius 3 is 2.73 bits per heavy atom. The lowest BCUT2D eigenvalue weighted by molar-refractivity contribution is -0.117. The Labute approximate surface area is 94.7 Å². The fourth-order valence-corrected chi connectivity index (χ4v) is 1.64. The molecule has 1 unspecified atom stereocenters. The quantitative estimate of drug-likeness (QED) is 0.831. The second-order valence-corrected chi connectivity index (χ2v) is 5.52. The van der Waals surface area contributed by atoms with Crippen LogP contribution in [0.25, 0.3) is 0 Å². The van der Waals surface area contributed by atoms with Crippen LogP contribution in [0.3, 0.4) is 0 Å². The molecule has 0 aromatic carbocycles. The lowest BCUT2D eigenvalue weighted by atomic mass is 9.85. The van der Waals surface area contributed by atoms with Crippen molar-refractivity contribution in [3.8, 4) is 0 Å². The van der Waals surface area contributed by atoms with Gasteiger partial charge in [0.1, 0.15) is 0 Å². The molecule has 3 N–H and O–H groups in total. The monoisotopic (exact) mass is 226 g/mol. The fourth-order valence-electron chi connectivity index (χ4n) is 1.05. The highest BCUT2D eigenvalue weighted by molar-refractivity contribution is 7.08. The van der Waals surface area contributed by atoms with Crippen LogP contribution in [0.4, 0.5) is 5.69 Å². The summed E-state index contributed by atoms with van der Waals surface area (Å²) in [6.45, 7) is 6.11. The number of anilines is 1. The van der Waals surface area contributed by atoms with E-state index in [1.807, 2.05) is 37.6 Å². The van der Waals surface area contributed by atoms with Gasteiger partial charge in [0.2, 0.25) is 5.91 Å². The number of carbonyl (C=O) groups is 1. The molecule has 0 radical (unpaired) electrons. The zero-order valence-corrected chi connectivity index (χ0v) is 10.2. The molecule has 0 bridgehead atoms. The summed E-state index contributed by atoms with van der Waals surface area (Å²) >= 11 is 1.56. The summed E-state index contributed by atoms with van der Waals surface area (Å²) in [7, 11) is 0. The largest absolute Gasteiger partial charge is 0.327 e. The van der Waals surface area contributed by atoms with Crippen LogP contribution >= 0.6 is 11.3 Å². The number of hydrogen-bond acceptors (Lipinski definition) is 3. The predicted octanol–water partition coefficient (Wildman–Crippen LogP) is 2.45. The normalized spacial score (nSPS) is 13.6. The van der Waals surface area contributed by atoms with E-state index >= 15 is 0 Å². The number of nitrogens with one attached hydrogen (secondary N) is 1. The first kappa shape index (κ1) is 12.2. The second kappa shape index (κ2) is 4.77. The lowest BCUT2D eigenvalue weighted by Crippen LogP contribution is -2.38. The van der Waals surface area contributed by atoms with Crippen molar-refractivity contribution in [2.24, 2.45) is 11.1 Å². The summed E-state index contributed by atoms with van der Waals surface area (Å²) in [5.74, 6) is -0.0178. The molecule has 0 saturated carbocycles. The maximum Gasteiger partial charge on any atom is 0.225 e. The van der Waals surface area contributed by atoms with Crippen LogP contribution in [0.2, 0.25) is 0 Å². The SMILES string of the molecule is CC(C)(C)C(N)CC(=O)Nc1ccsc1. The minimum Gasteiger partial charge on any atom is -0.327 e. The molecule has 15 heavy (non-hydrogen) atoms. The average Bonchev–Trinajstić information content (AvgIpc) is 2.54. The molecule has 1 aromatic heterocycles. The highest BCUT2D eigenvalue weighted by atomic mass is 32.1. The van der Waals surface area contributed by atoms with E-state index in [4.69, 9.17) is 5.73 Å². The van der Waals surface area contributed by atoms with Crippen molar-refractivity contribution in [2.75, 3.05) is 5.32 Å². The molecule has 1 amide bonds. The van der Waals surface area contributed by atoms with Gasteiger partial charge in [-0.2, -0.15) is 11.3 Å². The van der Waals surface area contributed by atoms with E-state index in [2.05, 4.69) is 5.32 Å².